The molecule has 1 saturated heterocycles. The Morgan fingerprint density at radius 3 is 2.70 bits per heavy atom. The predicted octanol–water partition coefficient (Wildman–Crippen LogP) is 3.14. The van der Waals surface area contributed by atoms with Gasteiger partial charge in [0.1, 0.15) is 5.92 Å². The highest BCUT2D eigenvalue weighted by Gasteiger charge is 2.37. The third-order valence-electron chi connectivity index (χ3n) is 4.58. The zero-order chi connectivity index (χ0) is 19.4. The molecule has 1 aliphatic heterocycles. The maximum Gasteiger partial charge on any atom is 0.239 e. The van der Waals surface area contributed by atoms with Gasteiger partial charge in [-0.1, -0.05) is 34.1 Å². The fourth-order valence-electron chi connectivity index (χ4n) is 3.22. The largest absolute Gasteiger partial charge is 0.493 e. The van der Waals surface area contributed by atoms with E-state index in [0.717, 1.165) is 15.7 Å². The van der Waals surface area contributed by atoms with Crippen molar-refractivity contribution in [1.82, 2.24) is 5.32 Å². The Kier molecular flexibility index (Phi) is 6.01. The minimum Gasteiger partial charge on any atom is -0.493 e. The number of hydrogen-bond acceptors (Lipinski definition) is 4. The highest BCUT2D eigenvalue weighted by molar-refractivity contribution is 9.10. The van der Waals surface area contributed by atoms with Crippen molar-refractivity contribution in [1.29, 1.82) is 0 Å². The Bertz CT molecular complexity index is 856. The number of carbonyl (C=O) groups is 2. The van der Waals surface area contributed by atoms with Crippen LogP contribution in [0.1, 0.15) is 12.0 Å². The molecular weight excluding hydrogens is 412 g/mol. The summed E-state index contributed by atoms with van der Waals surface area (Å²) in [4.78, 5) is 26.9. The lowest BCUT2D eigenvalue weighted by molar-refractivity contribution is -0.132. The van der Waals surface area contributed by atoms with E-state index < -0.39 is 5.92 Å². The van der Waals surface area contributed by atoms with Crippen LogP contribution < -0.4 is 19.7 Å². The smallest absolute Gasteiger partial charge is 0.239 e. The van der Waals surface area contributed by atoms with Crippen LogP contribution >= 0.6 is 15.9 Å². The van der Waals surface area contributed by atoms with Crippen LogP contribution in [0.3, 0.4) is 0 Å². The fraction of sp³-hybridized carbons (Fsp3) is 0.300. The SMILES string of the molecule is COc1cccc(CNC(=O)[C@@H]2CCN(c3cccc(Br)c3)C2=O)c1OC. The van der Waals surface area contributed by atoms with Gasteiger partial charge in [0, 0.05) is 28.8 Å². The van der Waals surface area contributed by atoms with Gasteiger partial charge >= 0.3 is 0 Å². The van der Waals surface area contributed by atoms with Gasteiger partial charge in [-0.15, -0.1) is 0 Å². The molecule has 0 spiro atoms. The molecule has 6 nitrogen and oxygen atoms in total. The van der Waals surface area contributed by atoms with Crippen LogP contribution in [-0.4, -0.2) is 32.6 Å². The monoisotopic (exact) mass is 432 g/mol. The molecule has 142 valence electrons. The third kappa shape index (κ3) is 4.08. The molecule has 0 aromatic heterocycles. The number of rotatable bonds is 6. The molecule has 1 fully saturated rings. The number of amides is 2. The number of methoxy groups -OCH3 is 2. The van der Waals surface area contributed by atoms with Gasteiger partial charge in [-0.05, 0) is 30.7 Å². The maximum absolute atomic E-state index is 12.7. The van der Waals surface area contributed by atoms with Crippen molar-refractivity contribution in [3.8, 4) is 11.5 Å². The summed E-state index contributed by atoms with van der Waals surface area (Å²) in [6.45, 7) is 0.787. The molecule has 2 aromatic rings. The third-order valence-corrected chi connectivity index (χ3v) is 5.07. The lowest BCUT2D eigenvalue weighted by Crippen LogP contribution is -2.36. The van der Waals surface area contributed by atoms with Crippen molar-refractivity contribution in [3.05, 3.63) is 52.5 Å². The summed E-state index contributed by atoms with van der Waals surface area (Å²) in [5.74, 6) is 0.0435. The van der Waals surface area contributed by atoms with Crippen molar-refractivity contribution in [2.45, 2.75) is 13.0 Å². The summed E-state index contributed by atoms with van der Waals surface area (Å²) in [7, 11) is 3.12. The molecule has 0 bridgehead atoms. The molecule has 7 heteroatoms. The summed E-state index contributed by atoms with van der Waals surface area (Å²) >= 11 is 3.41. The Morgan fingerprint density at radius 2 is 2.00 bits per heavy atom. The van der Waals surface area contributed by atoms with Gasteiger partial charge in [-0.25, -0.2) is 0 Å². The average molecular weight is 433 g/mol. The van der Waals surface area contributed by atoms with E-state index in [2.05, 4.69) is 21.2 Å². The second-order valence-corrected chi connectivity index (χ2v) is 7.10. The van der Waals surface area contributed by atoms with Crippen LogP contribution in [0.2, 0.25) is 0 Å². The number of nitrogens with one attached hydrogen (secondary N) is 1. The van der Waals surface area contributed by atoms with E-state index in [1.807, 2.05) is 36.4 Å². The molecule has 3 rings (SSSR count). The van der Waals surface area contributed by atoms with E-state index in [4.69, 9.17) is 9.47 Å². The van der Waals surface area contributed by atoms with Crippen LogP contribution in [0.5, 0.6) is 11.5 Å². The molecule has 1 atom stereocenters. The zero-order valence-corrected chi connectivity index (χ0v) is 16.8. The average Bonchev–Trinajstić information content (AvgIpc) is 3.07. The Morgan fingerprint density at radius 1 is 1.22 bits per heavy atom. The molecule has 0 saturated carbocycles. The van der Waals surface area contributed by atoms with E-state index in [9.17, 15) is 9.59 Å². The van der Waals surface area contributed by atoms with E-state index in [1.165, 1.54) is 0 Å². The summed E-state index contributed by atoms with van der Waals surface area (Å²) in [5, 5.41) is 2.85. The van der Waals surface area contributed by atoms with Crippen molar-refractivity contribution in [2.24, 2.45) is 5.92 Å². The van der Waals surface area contributed by atoms with Gasteiger partial charge < -0.3 is 19.7 Å². The first-order valence-corrected chi connectivity index (χ1v) is 9.39. The molecular formula is C20H21BrN2O4. The second-order valence-electron chi connectivity index (χ2n) is 6.18. The quantitative estimate of drug-likeness (QED) is 0.711. The molecule has 1 heterocycles. The van der Waals surface area contributed by atoms with E-state index in [-0.39, 0.29) is 18.4 Å². The molecule has 2 amide bonds. The number of para-hydroxylation sites is 1. The summed E-state index contributed by atoms with van der Waals surface area (Å²) in [6, 6.07) is 13.0. The Balaban J connectivity index is 1.67. The van der Waals surface area contributed by atoms with Gasteiger partial charge in [0.15, 0.2) is 11.5 Å². The minimum atomic E-state index is -0.680. The van der Waals surface area contributed by atoms with Crippen molar-refractivity contribution < 1.29 is 19.1 Å². The number of ether oxygens (including phenoxy) is 2. The lowest BCUT2D eigenvalue weighted by Gasteiger charge is -2.17. The Hall–Kier alpha value is -2.54. The van der Waals surface area contributed by atoms with E-state index in [1.54, 1.807) is 25.2 Å². The highest BCUT2D eigenvalue weighted by atomic mass is 79.9. The molecule has 0 aliphatic carbocycles. The van der Waals surface area contributed by atoms with Gasteiger partial charge in [0.25, 0.3) is 0 Å². The first kappa shape index (κ1) is 19.2. The Labute approximate surface area is 166 Å². The summed E-state index contributed by atoms with van der Waals surface area (Å²) < 4.78 is 11.5. The summed E-state index contributed by atoms with van der Waals surface area (Å²) in [6.07, 6.45) is 0.492. The normalized spacial score (nSPS) is 16.3. The van der Waals surface area contributed by atoms with Crippen LogP contribution in [-0.2, 0) is 16.1 Å². The molecule has 1 N–H and O–H groups in total. The van der Waals surface area contributed by atoms with Gasteiger partial charge in [-0.2, -0.15) is 0 Å². The van der Waals surface area contributed by atoms with Gasteiger partial charge in [-0.3, -0.25) is 9.59 Å². The van der Waals surface area contributed by atoms with Crippen molar-refractivity contribution in [3.63, 3.8) is 0 Å². The number of hydrogen-bond donors (Lipinski definition) is 1. The number of benzene rings is 2. The minimum absolute atomic E-state index is 0.178. The maximum atomic E-state index is 12.7. The molecule has 1 aliphatic rings. The second kappa shape index (κ2) is 8.43. The molecule has 0 radical (unpaired) electrons. The molecule has 2 aromatic carbocycles. The topological polar surface area (TPSA) is 67.9 Å². The van der Waals surface area contributed by atoms with Crippen LogP contribution in [0.4, 0.5) is 5.69 Å². The van der Waals surface area contributed by atoms with Crippen LogP contribution in [0.25, 0.3) is 0 Å². The molecule has 27 heavy (non-hydrogen) atoms. The van der Waals surface area contributed by atoms with Crippen molar-refractivity contribution >= 4 is 33.4 Å². The lowest BCUT2D eigenvalue weighted by atomic mass is 10.1. The first-order chi connectivity index (χ1) is 13.0. The van der Waals surface area contributed by atoms with E-state index >= 15 is 0 Å². The van der Waals surface area contributed by atoms with Crippen LogP contribution in [0, 0.1) is 5.92 Å². The van der Waals surface area contributed by atoms with Gasteiger partial charge in [0.2, 0.25) is 11.8 Å². The first-order valence-electron chi connectivity index (χ1n) is 8.59. The number of nitrogens with zero attached hydrogens (tertiary/aromatic N) is 1. The number of anilines is 1. The fourth-order valence-corrected chi connectivity index (χ4v) is 3.61. The van der Waals surface area contributed by atoms with E-state index in [0.29, 0.717) is 24.5 Å². The zero-order valence-electron chi connectivity index (χ0n) is 15.2. The van der Waals surface area contributed by atoms with Gasteiger partial charge in [0.05, 0.1) is 14.2 Å². The van der Waals surface area contributed by atoms with Crippen LogP contribution in [0.15, 0.2) is 46.9 Å². The standard InChI is InChI=1S/C20H21BrN2O4/c1-26-17-8-3-5-13(18(17)27-2)12-22-19(24)16-9-10-23(20(16)25)15-7-4-6-14(21)11-15/h3-8,11,16H,9-10,12H2,1-2H3,(H,22,24)/t16-/m0/s1. The number of carbonyl (C=O) groups excluding carboxylic acids is 2. The predicted molar refractivity (Wildman–Crippen MR) is 106 cm³/mol. The number of halogens is 1. The molecule has 0 unspecified atom stereocenters. The van der Waals surface area contributed by atoms with Crippen molar-refractivity contribution in [2.75, 3.05) is 25.7 Å². The highest BCUT2D eigenvalue weighted by Crippen LogP contribution is 2.31. The summed E-state index contributed by atoms with van der Waals surface area (Å²) in [5.41, 5.74) is 1.58.